The van der Waals surface area contributed by atoms with Gasteiger partial charge in [-0.3, -0.25) is 15.0 Å². The molecular weight excluding hydrogens is 260 g/mol. The van der Waals surface area contributed by atoms with Crippen LogP contribution in [-0.2, 0) is 4.79 Å². The number of benzene rings is 1. The third kappa shape index (κ3) is 1.87. The summed E-state index contributed by atoms with van der Waals surface area (Å²) in [7, 11) is 0. The molecule has 1 aliphatic rings. The summed E-state index contributed by atoms with van der Waals surface area (Å²) in [5.41, 5.74) is 1.76. The smallest absolute Gasteiger partial charge is 0.284 e. The fraction of sp³-hybridized carbons (Fsp3) is 0.200. The van der Waals surface area contributed by atoms with Gasteiger partial charge in [0, 0.05) is 4.47 Å². The molecule has 1 saturated heterocycles. The molecule has 0 atom stereocenters. The molecule has 1 N–H and O–H groups in total. The highest BCUT2D eigenvalue weighted by molar-refractivity contribution is 9.10. The van der Waals surface area contributed by atoms with Gasteiger partial charge in [-0.05, 0) is 40.5 Å². The number of halogens is 1. The van der Waals surface area contributed by atoms with Gasteiger partial charge in [-0.15, -0.1) is 0 Å². The Hall–Kier alpha value is -1.36. The normalized spacial score (nSPS) is 15.7. The summed E-state index contributed by atoms with van der Waals surface area (Å²) in [5.74, 6) is -0.270. The first kappa shape index (κ1) is 10.2. The Morgan fingerprint density at radius 3 is 2.73 bits per heavy atom. The average Bonchev–Trinajstić information content (AvgIpc) is 2.50. The Labute approximate surface area is 95.4 Å². The zero-order valence-corrected chi connectivity index (χ0v) is 9.67. The second-order valence-electron chi connectivity index (χ2n) is 3.39. The molecule has 0 unspecified atom stereocenters. The molecule has 1 aromatic carbocycles. The van der Waals surface area contributed by atoms with Crippen LogP contribution in [0.5, 0.6) is 0 Å². The maximum absolute atomic E-state index is 11.4. The molecule has 1 fully saturated rings. The Morgan fingerprint density at radius 1 is 1.40 bits per heavy atom. The lowest BCUT2D eigenvalue weighted by Crippen LogP contribution is -2.28. The summed E-state index contributed by atoms with van der Waals surface area (Å²) in [4.78, 5) is 23.9. The number of urea groups is 1. The van der Waals surface area contributed by atoms with Crippen LogP contribution in [-0.4, -0.2) is 18.5 Å². The fourth-order valence-corrected chi connectivity index (χ4v) is 1.93. The number of imide groups is 1. The van der Waals surface area contributed by atoms with E-state index in [0.29, 0.717) is 0 Å². The highest BCUT2D eigenvalue weighted by Crippen LogP contribution is 2.28. The van der Waals surface area contributed by atoms with Crippen molar-refractivity contribution in [1.29, 1.82) is 0 Å². The van der Waals surface area contributed by atoms with Crippen LogP contribution < -0.4 is 10.2 Å². The number of carbonyl (C=O) groups is 2. The van der Waals surface area contributed by atoms with Gasteiger partial charge in [0.05, 0.1) is 5.69 Å². The zero-order chi connectivity index (χ0) is 11.0. The number of rotatable bonds is 1. The molecule has 78 valence electrons. The number of anilines is 1. The molecule has 3 amide bonds. The largest absolute Gasteiger partial charge is 0.329 e. The van der Waals surface area contributed by atoms with Crippen molar-refractivity contribution >= 4 is 33.6 Å². The number of amides is 3. The molecule has 0 bridgehead atoms. The molecule has 1 heterocycles. The summed E-state index contributed by atoms with van der Waals surface area (Å²) in [6.07, 6.45) is 0. The topological polar surface area (TPSA) is 49.4 Å². The number of carbonyl (C=O) groups excluding carboxylic acids is 2. The Kier molecular flexibility index (Phi) is 2.48. The van der Waals surface area contributed by atoms with Gasteiger partial charge in [-0.25, -0.2) is 4.79 Å². The maximum atomic E-state index is 11.4. The summed E-state index contributed by atoms with van der Waals surface area (Å²) in [6, 6.07) is 5.29. The van der Waals surface area contributed by atoms with Gasteiger partial charge < -0.3 is 0 Å². The van der Waals surface area contributed by atoms with E-state index in [2.05, 4.69) is 21.2 Å². The van der Waals surface area contributed by atoms with Gasteiger partial charge in [0.15, 0.2) is 0 Å². The second-order valence-corrected chi connectivity index (χ2v) is 4.25. The molecule has 0 saturated carbocycles. The number of nitrogens with one attached hydrogen (secondary N) is 1. The minimum Gasteiger partial charge on any atom is -0.284 e. The Morgan fingerprint density at radius 2 is 2.13 bits per heavy atom. The maximum Gasteiger partial charge on any atom is 0.329 e. The van der Waals surface area contributed by atoms with Gasteiger partial charge in [0.1, 0.15) is 6.54 Å². The predicted octanol–water partition coefficient (Wildman–Crippen LogP) is 1.81. The summed E-state index contributed by atoms with van der Waals surface area (Å²) >= 11 is 3.35. The van der Waals surface area contributed by atoms with Crippen LogP contribution in [0.15, 0.2) is 22.7 Å². The van der Waals surface area contributed by atoms with Crippen LogP contribution in [0.2, 0.25) is 0 Å². The van der Waals surface area contributed by atoms with Crippen LogP contribution in [0.3, 0.4) is 0 Å². The van der Waals surface area contributed by atoms with Crippen molar-refractivity contribution < 1.29 is 9.59 Å². The Bertz CT molecular complexity index is 445. The lowest BCUT2D eigenvalue weighted by atomic mass is 10.2. The van der Waals surface area contributed by atoms with Crippen molar-refractivity contribution in [3.05, 3.63) is 28.2 Å². The van der Waals surface area contributed by atoms with E-state index in [1.807, 2.05) is 25.1 Å². The first-order valence-corrected chi connectivity index (χ1v) is 5.25. The van der Waals surface area contributed by atoms with Gasteiger partial charge in [0.25, 0.3) is 0 Å². The molecule has 15 heavy (non-hydrogen) atoms. The Balaban J connectivity index is 2.41. The standard InChI is InChI=1S/C10H9BrN2O2/c1-6-2-3-7(11)8(4-6)13-5-9(14)12-10(13)15/h2-4H,5H2,1H3,(H,12,14,15). The second kappa shape index (κ2) is 3.66. The fourth-order valence-electron chi connectivity index (χ4n) is 1.47. The van der Waals surface area contributed by atoms with Crippen LogP contribution in [0, 0.1) is 6.92 Å². The van der Waals surface area contributed by atoms with E-state index in [0.717, 1.165) is 15.7 Å². The van der Waals surface area contributed by atoms with E-state index < -0.39 is 0 Å². The SMILES string of the molecule is Cc1ccc(Br)c(N2CC(=O)NC2=O)c1. The monoisotopic (exact) mass is 268 g/mol. The molecule has 1 aliphatic heterocycles. The average molecular weight is 269 g/mol. The molecule has 0 spiro atoms. The number of hydrogen-bond donors (Lipinski definition) is 1. The van der Waals surface area contributed by atoms with E-state index in [1.54, 1.807) is 0 Å². The van der Waals surface area contributed by atoms with Gasteiger partial charge in [-0.1, -0.05) is 6.07 Å². The van der Waals surface area contributed by atoms with Crippen LogP contribution in [0.4, 0.5) is 10.5 Å². The number of hydrogen-bond acceptors (Lipinski definition) is 2. The third-order valence-corrected chi connectivity index (χ3v) is 2.86. The van der Waals surface area contributed by atoms with Crippen LogP contribution >= 0.6 is 15.9 Å². The van der Waals surface area contributed by atoms with Gasteiger partial charge >= 0.3 is 6.03 Å². The van der Waals surface area contributed by atoms with Crippen molar-refractivity contribution in [2.75, 3.05) is 11.4 Å². The zero-order valence-electron chi connectivity index (χ0n) is 8.08. The molecule has 4 nitrogen and oxygen atoms in total. The molecule has 0 radical (unpaired) electrons. The van der Waals surface area contributed by atoms with E-state index in [4.69, 9.17) is 0 Å². The lowest BCUT2D eigenvalue weighted by molar-refractivity contribution is -0.117. The van der Waals surface area contributed by atoms with Gasteiger partial charge in [0.2, 0.25) is 5.91 Å². The van der Waals surface area contributed by atoms with Crippen molar-refractivity contribution in [3.63, 3.8) is 0 Å². The first-order valence-electron chi connectivity index (χ1n) is 4.45. The van der Waals surface area contributed by atoms with Crippen LogP contribution in [0.1, 0.15) is 5.56 Å². The third-order valence-electron chi connectivity index (χ3n) is 2.19. The van der Waals surface area contributed by atoms with Crippen molar-refractivity contribution in [2.45, 2.75) is 6.92 Å². The molecule has 0 aliphatic carbocycles. The minimum absolute atomic E-state index is 0.0842. The quantitative estimate of drug-likeness (QED) is 0.790. The highest BCUT2D eigenvalue weighted by Gasteiger charge is 2.29. The lowest BCUT2D eigenvalue weighted by Gasteiger charge is -2.15. The summed E-state index contributed by atoms with van der Waals surface area (Å²) in [6.45, 7) is 2.02. The van der Waals surface area contributed by atoms with Gasteiger partial charge in [-0.2, -0.15) is 0 Å². The molecule has 0 aromatic heterocycles. The van der Waals surface area contributed by atoms with Crippen molar-refractivity contribution in [1.82, 2.24) is 5.32 Å². The predicted molar refractivity (Wildman–Crippen MR) is 59.8 cm³/mol. The van der Waals surface area contributed by atoms with E-state index in [9.17, 15) is 9.59 Å². The molecule has 5 heteroatoms. The summed E-state index contributed by atoms with van der Waals surface area (Å²) < 4.78 is 0.804. The van der Waals surface area contributed by atoms with E-state index in [1.165, 1.54) is 4.90 Å². The molecule has 2 rings (SSSR count). The van der Waals surface area contributed by atoms with Crippen LogP contribution in [0.25, 0.3) is 0 Å². The molecular formula is C10H9BrN2O2. The first-order chi connectivity index (χ1) is 7.08. The highest BCUT2D eigenvalue weighted by atomic mass is 79.9. The van der Waals surface area contributed by atoms with E-state index in [-0.39, 0.29) is 18.5 Å². The van der Waals surface area contributed by atoms with Crippen molar-refractivity contribution in [2.24, 2.45) is 0 Å². The summed E-state index contributed by atoms with van der Waals surface area (Å²) in [5, 5.41) is 2.24. The van der Waals surface area contributed by atoms with E-state index >= 15 is 0 Å². The number of nitrogens with zero attached hydrogens (tertiary/aromatic N) is 1. The van der Waals surface area contributed by atoms with Crippen molar-refractivity contribution in [3.8, 4) is 0 Å². The molecule has 1 aromatic rings. The number of aryl methyl sites for hydroxylation is 1. The minimum atomic E-state index is -0.369.